The van der Waals surface area contributed by atoms with Gasteiger partial charge in [-0.05, 0) is 18.6 Å². The summed E-state index contributed by atoms with van der Waals surface area (Å²) in [5, 5.41) is 4.71. The molecule has 96 valence electrons. The number of ether oxygens (including phenoxy) is 1. The number of hydrogen-bond donors (Lipinski definition) is 1. The maximum absolute atomic E-state index is 5.98. The van der Waals surface area contributed by atoms with Crippen LogP contribution in [0.25, 0.3) is 10.8 Å². The molecule has 0 amide bonds. The standard InChI is InChI=1S/C15H14N2OS/c1-2-10-9-19-15(17-10)18-14-8-7-13(16)11-5-3-4-6-12(11)14/h3-9H,2,16H2,1H3. The number of anilines is 1. The first-order chi connectivity index (χ1) is 9.28. The van der Waals surface area contributed by atoms with E-state index in [-0.39, 0.29) is 0 Å². The van der Waals surface area contributed by atoms with Crippen molar-refractivity contribution in [3.63, 3.8) is 0 Å². The number of aromatic nitrogens is 1. The number of nitrogens with two attached hydrogens (primary N) is 1. The van der Waals surface area contributed by atoms with Crippen LogP contribution in [-0.2, 0) is 6.42 Å². The molecule has 0 aliphatic carbocycles. The van der Waals surface area contributed by atoms with Crippen molar-refractivity contribution < 1.29 is 4.74 Å². The lowest BCUT2D eigenvalue weighted by molar-refractivity contribution is 0.483. The SMILES string of the molecule is CCc1csc(Oc2ccc(N)c3ccccc23)n1. The average Bonchev–Trinajstić information content (AvgIpc) is 2.90. The second-order valence-corrected chi connectivity index (χ2v) is 5.08. The van der Waals surface area contributed by atoms with Gasteiger partial charge in [-0.2, -0.15) is 0 Å². The minimum atomic E-state index is 0.673. The zero-order chi connectivity index (χ0) is 13.2. The largest absolute Gasteiger partial charge is 0.430 e. The first-order valence-electron chi connectivity index (χ1n) is 6.17. The fraction of sp³-hybridized carbons (Fsp3) is 0.133. The molecule has 0 aliphatic rings. The van der Waals surface area contributed by atoms with Crippen molar-refractivity contribution in [1.29, 1.82) is 0 Å². The third-order valence-electron chi connectivity index (χ3n) is 3.01. The molecule has 1 aromatic heterocycles. The van der Waals surface area contributed by atoms with Crippen LogP contribution in [0.3, 0.4) is 0 Å². The van der Waals surface area contributed by atoms with Crippen molar-refractivity contribution in [2.24, 2.45) is 0 Å². The Labute approximate surface area is 115 Å². The Bertz CT molecular complexity index is 721. The number of nitrogen functional groups attached to an aromatic ring is 1. The molecule has 0 atom stereocenters. The van der Waals surface area contributed by atoms with E-state index in [4.69, 9.17) is 10.5 Å². The number of rotatable bonds is 3. The van der Waals surface area contributed by atoms with Gasteiger partial charge in [-0.15, -0.1) is 0 Å². The predicted octanol–water partition coefficient (Wildman–Crippen LogP) is 4.23. The summed E-state index contributed by atoms with van der Waals surface area (Å²) in [6.07, 6.45) is 0.919. The van der Waals surface area contributed by atoms with Gasteiger partial charge in [-0.1, -0.05) is 42.5 Å². The molecule has 0 radical (unpaired) electrons. The summed E-state index contributed by atoms with van der Waals surface area (Å²) in [4.78, 5) is 4.42. The summed E-state index contributed by atoms with van der Waals surface area (Å²) in [5.41, 5.74) is 7.79. The van der Waals surface area contributed by atoms with Crippen molar-refractivity contribution >= 4 is 27.8 Å². The molecule has 3 rings (SSSR count). The summed E-state index contributed by atoms with van der Waals surface area (Å²) in [6, 6.07) is 11.7. The molecule has 2 N–H and O–H groups in total. The van der Waals surface area contributed by atoms with Crippen LogP contribution in [0.1, 0.15) is 12.6 Å². The topological polar surface area (TPSA) is 48.1 Å². The van der Waals surface area contributed by atoms with Gasteiger partial charge in [-0.3, -0.25) is 0 Å². The Morgan fingerprint density at radius 2 is 1.95 bits per heavy atom. The van der Waals surface area contributed by atoms with E-state index < -0.39 is 0 Å². The van der Waals surface area contributed by atoms with Crippen molar-refractivity contribution in [1.82, 2.24) is 4.98 Å². The molecule has 19 heavy (non-hydrogen) atoms. The van der Waals surface area contributed by atoms with Gasteiger partial charge in [0.1, 0.15) is 5.75 Å². The number of aryl methyl sites for hydroxylation is 1. The maximum atomic E-state index is 5.98. The fourth-order valence-corrected chi connectivity index (χ4v) is 2.74. The lowest BCUT2D eigenvalue weighted by atomic mass is 10.1. The molecule has 2 aromatic carbocycles. The van der Waals surface area contributed by atoms with Gasteiger partial charge < -0.3 is 10.5 Å². The molecule has 0 fully saturated rings. The molecular weight excluding hydrogens is 256 g/mol. The molecule has 3 aromatic rings. The summed E-state index contributed by atoms with van der Waals surface area (Å²) in [5.74, 6) is 0.793. The maximum Gasteiger partial charge on any atom is 0.278 e. The highest BCUT2D eigenvalue weighted by atomic mass is 32.1. The van der Waals surface area contributed by atoms with Crippen LogP contribution in [0, 0.1) is 0 Å². The predicted molar refractivity (Wildman–Crippen MR) is 79.9 cm³/mol. The van der Waals surface area contributed by atoms with Gasteiger partial charge in [-0.25, -0.2) is 4.98 Å². The monoisotopic (exact) mass is 270 g/mol. The Morgan fingerprint density at radius 1 is 1.16 bits per heavy atom. The minimum Gasteiger partial charge on any atom is -0.430 e. The van der Waals surface area contributed by atoms with Gasteiger partial charge in [0, 0.05) is 21.8 Å². The van der Waals surface area contributed by atoms with Crippen LogP contribution < -0.4 is 10.5 Å². The molecule has 3 nitrogen and oxygen atoms in total. The molecule has 0 aliphatic heterocycles. The fourth-order valence-electron chi connectivity index (χ4n) is 1.98. The second-order valence-electron chi connectivity index (χ2n) is 4.26. The summed E-state index contributed by atoms with van der Waals surface area (Å²) in [7, 11) is 0. The summed E-state index contributed by atoms with van der Waals surface area (Å²) in [6.45, 7) is 2.08. The van der Waals surface area contributed by atoms with Crippen molar-refractivity contribution in [2.75, 3.05) is 5.73 Å². The van der Waals surface area contributed by atoms with Gasteiger partial charge in [0.05, 0.1) is 5.69 Å². The molecular formula is C15H14N2OS. The van der Waals surface area contributed by atoms with E-state index in [1.807, 2.05) is 41.8 Å². The van der Waals surface area contributed by atoms with Crippen LogP contribution in [0.15, 0.2) is 41.8 Å². The third-order valence-corrected chi connectivity index (χ3v) is 3.77. The molecule has 1 heterocycles. The van der Waals surface area contributed by atoms with Crippen LogP contribution >= 0.6 is 11.3 Å². The Kier molecular flexibility index (Phi) is 3.09. The van der Waals surface area contributed by atoms with Gasteiger partial charge >= 0.3 is 0 Å². The molecule has 0 saturated heterocycles. The lowest BCUT2D eigenvalue weighted by Crippen LogP contribution is -1.90. The Balaban J connectivity index is 2.03. The van der Waals surface area contributed by atoms with Gasteiger partial charge in [0.2, 0.25) is 0 Å². The zero-order valence-corrected chi connectivity index (χ0v) is 11.4. The van der Waals surface area contributed by atoms with E-state index in [0.29, 0.717) is 5.19 Å². The Hall–Kier alpha value is -2.07. The normalized spacial score (nSPS) is 10.8. The minimum absolute atomic E-state index is 0.673. The quantitative estimate of drug-likeness (QED) is 0.724. The smallest absolute Gasteiger partial charge is 0.278 e. The Morgan fingerprint density at radius 3 is 2.68 bits per heavy atom. The van der Waals surface area contributed by atoms with E-state index >= 15 is 0 Å². The molecule has 4 heteroatoms. The van der Waals surface area contributed by atoms with E-state index in [1.165, 1.54) is 11.3 Å². The number of hydrogen-bond acceptors (Lipinski definition) is 4. The summed E-state index contributed by atoms with van der Waals surface area (Å²) >= 11 is 1.52. The van der Waals surface area contributed by atoms with Crippen molar-refractivity contribution in [2.45, 2.75) is 13.3 Å². The number of benzene rings is 2. The molecule has 0 saturated carbocycles. The summed E-state index contributed by atoms with van der Waals surface area (Å²) < 4.78 is 5.88. The molecule has 0 spiro atoms. The highest BCUT2D eigenvalue weighted by Crippen LogP contribution is 2.34. The first-order valence-corrected chi connectivity index (χ1v) is 7.05. The van der Waals surface area contributed by atoms with E-state index in [1.54, 1.807) is 0 Å². The third kappa shape index (κ3) is 2.27. The highest BCUT2D eigenvalue weighted by molar-refractivity contribution is 7.11. The van der Waals surface area contributed by atoms with E-state index in [2.05, 4.69) is 11.9 Å². The second kappa shape index (κ2) is 4.90. The molecule has 0 bridgehead atoms. The van der Waals surface area contributed by atoms with Crippen LogP contribution in [0.2, 0.25) is 0 Å². The van der Waals surface area contributed by atoms with Gasteiger partial charge in [0.15, 0.2) is 0 Å². The lowest BCUT2D eigenvalue weighted by Gasteiger charge is -2.08. The highest BCUT2D eigenvalue weighted by Gasteiger charge is 2.08. The molecule has 0 unspecified atom stereocenters. The zero-order valence-electron chi connectivity index (χ0n) is 10.6. The number of nitrogens with zero attached hydrogens (tertiary/aromatic N) is 1. The van der Waals surface area contributed by atoms with E-state index in [9.17, 15) is 0 Å². The number of thiazole rings is 1. The van der Waals surface area contributed by atoms with Crippen molar-refractivity contribution in [3.05, 3.63) is 47.5 Å². The van der Waals surface area contributed by atoms with Crippen LogP contribution in [0.5, 0.6) is 10.9 Å². The number of fused-ring (bicyclic) bond motifs is 1. The van der Waals surface area contributed by atoms with Crippen molar-refractivity contribution in [3.8, 4) is 10.9 Å². The van der Waals surface area contributed by atoms with Gasteiger partial charge in [0.25, 0.3) is 5.19 Å². The van der Waals surface area contributed by atoms with Crippen LogP contribution in [0.4, 0.5) is 5.69 Å². The average molecular weight is 270 g/mol. The van der Waals surface area contributed by atoms with E-state index in [0.717, 1.165) is 34.3 Å². The first kappa shape index (κ1) is 12.0. The van der Waals surface area contributed by atoms with Crippen LogP contribution in [-0.4, -0.2) is 4.98 Å².